The lowest BCUT2D eigenvalue weighted by atomic mass is 10.2. The largest absolute Gasteiger partial charge is 0.347 e. The van der Waals surface area contributed by atoms with Crippen molar-refractivity contribution < 1.29 is 9.59 Å². The highest BCUT2D eigenvalue weighted by Crippen LogP contribution is 2.08. The molecule has 0 aromatic heterocycles. The van der Waals surface area contributed by atoms with Gasteiger partial charge in [-0.05, 0) is 26.3 Å². The molecule has 1 heterocycles. The van der Waals surface area contributed by atoms with Crippen LogP contribution in [0.4, 0.5) is 0 Å². The van der Waals surface area contributed by atoms with E-state index in [0.717, 1.165) is 19.4 Å². The number of amides is 2. The van der Waals surface area contributed by atoms with Crippen LogP contribution in [0.1, 0.15) is 19.8 Å². The summed E-state index contributed by atoms with van der Waals surface area (Å²) >= 11 is 0. The Morgan fingerprint density at radius 1 is 1.38 bits per heavy atom. The quantitative estimate of drug-likeness (QED) is 0.716. The summed E-state index contributed by atoms with van der Waals surface area (Å²) in [5, 5.41) is 3.16. The molecule has 1 N–H and O–H groups in total. The number of nitrogens with one attached hydrogen (secondary N) is 1. The molecule has 92 valence electrons. The van der Waals surface area contributed by atoms with E-state index in [-0.39, 0.29) is 24.4 Å². The summed E-state index contributed by atoms with van der Waals surface area (Å²) in [6.07, 6.45) is 1.92. The molecule has 16 heavy (non-hydrogen) atoms. The molecule has 2 amide bonds. The molecule has 0 aliphatic carbocycles. The Bertz CT molecular complexity index is 260. The first-order valence-corrected chi connectivity index (χ1v) is 5.78. The Morgan fingerprint density at radius 2 is 2.06 bits per heavy atom. The lowest BCUT2D eigenvalue weighted by Crippen LogP contribution is -2.47. The minimum atomic E-state index is -0.0880. The van der Waals surface area contributed by atoms with E-state index >= 15 is 0 Å². The first-order valence-electron chi connectivity index (χ1n) is 5.78. The van der Waals surface area contributed by atoms with Crippen molar-refractivity contribution in [3.8, 4) is 0 Å². The second-order valence-corrected chi connectivity index (χ2v) is 4.29. The highest BCUT2D eigenvalue weighted by Gasteiger charge is 2.27. The highest BCUT2D eigenvalue weighted by atomic mass is 16.2. The molecule has 0 spiro atoms. The number of rotatable bonds is 4. The molecule has 1 fully saturated rings. The number of hydrogen-bond acceptors (Lipinski definition) is 3. The number of carbonyl (C=O) groups excluding carboxylic acids is 2. The molecule has 0 unspecified atom stereocenters. The van der Waals surface area contributed by atoms with Crippen LogP contribution in [-0.4, -0.2) is 61.4 Å². The van der Waals surface area contributed by atoms with Gasteiger partial charge in [0, 0.05) is 20.6 Å². The molecule has 1 saturated heterocycles. The van der Waals surface area contributed by atoms with E-state index in [1.807, 2.05) is 6.92 Å². The standard InChI is InChI=1S/C11H21N3O2/c1-4-14(8-10(15)13(2)3)11(16)9-6-5-7-12-9/h9,12H,4-8H2,1-3H3/t9-/m0/s1. The summed E-state index contributed by atoms with van der Waals surface area (Å²) in [5.74, 6) is 0.0170. The molecular formula is C11H21N3O2. The molecular weight excluding hydrogens is 206 g/mol. The van der Waals surface area contributed by atoms with E-state index in [0.29, 0.717) is 6.54 Å². The minimum absolute atomic E-state index is 0.0341. The van der Waals surface area contributed by atoms with Crippen molar-refractivity contribution in [3.63, 3.8) is 0 Å². The van der Waals surface area contributed by atoms with Crippen LogP contribution in [0.15, 0.2) is 0 Å². The van der Waals surface area contributed by atoms with Crippen LogP contribution in [0.2, 0.25) is 0 Å². The maximum absolute atomic E-state index is 12.0. The fraction of sp³-hybridized carbons (Fsp3) is 0.818. The van der Waals surface area contributed by atoms with Crippen molar-refractivity contribution in [2.24, 2.45) is 0 Å². The minimum Gasteiger partial charge on any atom is -0.347 e. The first-order chi connectivity index (χ1) is 7.56. The van der Waals surface area contributed by atoms with Crippen LogP contribution >= 0.6 is 0 Å². The van der Waals surface area contributed by atoms with Crippen molar-refractivity contribution in [1.29, 1.82) is 0 Å². The third-order valence-electron chi connectivity index (χ3n) is 2.88. The summed E-state index contributed by atoms with van der Waals surface area (Å²) in [4.78, 5) is 26.7. The molecule has 0 radical (unpaired) electrons. The SMILES string of the molecule is CCN(CC(=O)N(C)C)C(=O)[C@@H]1CCCN1. The molecule has 1 aliphatic heterocycles. The fourth-order valence-electron chi connectivity index (χ4n) is 1.77. The third-order valence-corrected chi connectivity index (χ3v) is 2.88. The van der Waals surface area contributed by atoms with Gasteiger partial charge < -0.3 is 15.1 Å². The van der Waals surface area contributed by atoms with Gasteiger partial charge in [-0.25, -0.2) is 0 Å². The predicted molar refractivity (Wildman–Crippen MR) is 62.0 cm³/mol. The number of nitrogens with zero attached hydrogens (tertiary/aromatic N) is 2. The van der Waals surface area contributed by atoms with Gasteiger partial charge in [0.25, 0.3) is 0 Å². The van der Waals surface area contributed by atoms with Crippen molar-refractivity contribution in [3.05, 3.63) is 0 Å². The highest BCUT2D eigenvalue weighted by molar-refractivity contribution is 5.87. The van der Waals surface area contributed by atoms with E-state index in [1.54, 1.807) is 19.0 Å². The Labute approximate surface area is 96.8 Å². The smallest absolute Gasteiger partial charge is 0.241 e. The third kappa shape index (κ3) is 3.20. The first kappa shape index (κ1) is 13.0. The van der Waals surface area contributed by atoms with E-state index in [1.165, 1.54) is 4.90 Å². The van der Waals surface area contributed by atoms with Gasteiger partial charge in [-0.3, -0.25) is 9.59 Å². The van der Waals surface area contributed by atoms with E-state index in [4.69, 9.17) is 0 Å². The Hall–Kier alpha value is -1.10. The topological polar surface area (TPSA) is 52.7 Å². The predicted octanol–water partition coefficient (Wildman–Crippen LogP) is -0.325. The van der Waals surface area contributed by atoms with Crippen LogP contribution in [0, 0.1) is 0 Å². The summed E-state index contributed by atoms with van der Waals surface area (Å²) in [6.45, 7) is 3.56. The second kappa shape index (κ2) is 5.84. The van der Waals surface area contributed by atoms with Gasteiger partial charge in [0.2, 0.25) is 11.8 Å². The molecule has 5 heteroatoms. The van der Waals surface area contributed by atoms with Crippen molar-refractivity contribution >= 4 is 11.8 Å². The van der Waals surface area contributed by atoms with Crippen LogP contribution in [0.5, 0.6) is 0 Å². The van der Waals surface area contributed by atoms with Crippen molar-refractivity contribution in [1.82, 2.24) is 15.1 Å². The van der Waals surface area contributed by atoms with Crippen LogP contribution in [0.3, 0.4) is 0 Å². The monoisotopic (exact) mass is 227 g/mol. The van der Waals surface area contributed by atoms with Crippen LogP contribution in [-0.2, 0) is 9.59 Å². The number of hydrogen-bond donors (Lipinski definition) is 1. The summed E-state index contributed by atoms with van der Waals surface area (Å²) in [5.41, 5.74) is 0. The van der Waals surface area contributed by atoms with Crippen LogP contribution in [0.25, 0.3) is 0 Å². The zero-order valence-electron chi connectivity index (χ0n) is 10.3. The molecule has 0 saturated carbocycles. The van der Waals surface area contributed by atoms with Gasteiger partial charge >= 0.3 is 0 Å². The van der Waals surface area contributed by atoms with Gasteiger partial charge in [0.05, 0.1) is 12.6 Å². The molecule has 5 nitrogen and oxygen atoms in total. The van der Waals surface area contributed by atoms with Gasteiger partial charge in [0.1, 0.15) is 0 Å². The Balaban J connectivity index is 2.52. The second-order valence-electron chi connectivity index (χ2n) is 4.29. The molecule has 0 aromatic rings. The molecule has 0 aromatic carbocycles. The van der Waals surface area contributed by atoms with Crippen molar-refractivity contribution in [2.45, 2.75) is 25.8 Å². The van der Waals surface area contributed by atoms with E-state index < -0.39 is 0 Å². The summed E-state index contributed by atoms with van der Waals surface area (Å²) in [7, 11) is 3.41. The fourth-order valence-corrected chi connectivity index (χ4v) is 1.77. The Morgan fingerprint density at radius 3 is 2.50 bits per heavy atom. The van der Waals surface area contributed by atoms with Crippen LogP contribution < -0.4 is 5.32 Å². The molecule has 0 bridgehead atoms. The average molecular weight is 227 g/mol. The zero-order valence-corrected chi connectivity index (χ0v) is 10.3. The van der Waals surface area contributed by atoms with Gasteiger partial charge in [-0.2, -0.15) is 0 Å². The van der Waals surface area contributed by atoms with Gasteiger partial charge in [-0.15, -0.1) is 0 Å². The number of carbonyl (C=O) groups is 2. The van der Waals surface area contributed by atoms with E-state index in [9.17, 15) is 9.59 Å². The zero-order chi connectivity index (χ0) is 12.1. The summed E-state index contributed by atoms with van der Waals surface area (Å²) in [6, 6.07) is -0.0880. The maximum atomic E-state index is 12.0. The Kier molecular flexibility index (Phi) is 4.73. The molecule has 1 rings (SSSR count). The lowest BCUT2D eigenvalue weighted by molar-refractivity contribution is -0.140. The van der Waals surface area contributed by atoms with Crippen molar-refractivity contribution in [2.75, 3.05) is 33.7 Å². The molecule has 1 aliphatic rings. The average Bonchev–Trinajstić information content (AvgIpc) is 2.77. The van der Waals surface area contributed by atoms with Gasteiger partial charge in [-0.1, -0.05) is 0 Å². The lowest BCUT2D eigenvalue weighted by Gasteiger charge is -2.25. The molecule has 1 atom stereocenters. The van der Waals surface area contributed by atoms with Gasteiger partial charge in [0.15, 0.2) is 0 Å². The summed E-state index contributed by atoms with van der Waals surface area (Å²) < 4.78 is 0. The normalized spacial score (nSPS) is 19.6. The number of likely N-dealkylation sites (N-methyl/N-ethyl adjacent to an activating group) is 2. The van der Waals surface area contributed by atoms with E-state index in [2.05, 4.69) is 5.32 Å². The maximum Gasteiger partial charge on any atom is 0.241 e.